The van der Waals surface area contributed by atoms with E-state index in [2.05, 4.69) is 20.6 Å². The number of halogens is 3. The standard InChI is InChI=1S/C21H19F3N4O/c1-2-14-7-9-15(10-8-14)18(19-17(21(22,23)24)6-4-12-26-19)28-20(29)27-16-5-3-11-25-13-16/h3-13,18H,2H2,1H3,(H2,27,28,29). The Morgan fingerprint density at radius 1 is 1.07 bits per heavy atom. The van der Waals surface area contributed by atoms with Gasteiger partial charge in [0.1, 0.15) is 0 Å². The van der Waals surface area contributed by atoms with E-state index in [1.165, 1.54) is 18.5 Å². The summed E-state index contributed by atoms with van der Waals surface area (Å²) in [5.41, 5.74) is 0.774. The van der Waals surface area contributed by atoms with Crippen molar-refractivity contribution in [3.8, 4) is 0 Å². The SMILES string of the molecule is CCc1ccc(C(NC(=O)Nc2cccnc2)c2ncccc2C(F)(F)F)cc1. The lowest BCUT2D eigenvalue weighted by atomic mass is 9.97. The summed E-state index contributed by atoms with van der Waals surface area (Å²) < 4.78 is 40.7. The van der Waals surface area contributed by atoms with Crippen LogP contribution in [-0.4, -0.2) is 16.0 Å². The zero-order chi connectivity index (χ0) is 20.9. The highest BCUT2D eigenvalue weighted by atomic mass is 19.4. The van der Waals surface area contributed by atoms with E-state index in [4.69, 9.17) is 0 Å². The first kappa shape index (κ1) is 20.3. The number of amides is 2. The highest BCUT2D eigenvalue weighted by molar-refractivity contribution is 5.89. The van der Waals surface area contributed by atoms with Gasteiger partial charge in [-0.05, 0) is 41.8 Å². The minimum atomic E-state index is -4.60. The largest absolute Gasteiger partial charge is 0.418 e. The van der Waals surface area contributed by atoms with Gasteiger partial charge in [-0.25, -0.2) is 4.79 Å². The van der Waals surface area contributed by atoms with Gasteiger partial charge in [-0.15, -0.1) is 0 Å². The zero-order valence-electron chi connectivity index (χ0n) is 15.6. The lowest BCUT2D eigenvalue weighted by molar-refractivity contribution is -0.138. The van der Waals surface area contributed by atoms with E-state index in [0.717, 1.165) is 18.1 Å². The minimum absolute atomic E-state index is 0.273. The summed E-state index contributed by atoms with van der Waals surface area (Å²) in [7, 11) is 0. The Labute approximate surface area is 166 Å². The average molecular weight is 400 g/mol. The Kier molecular flexibility index (Phi) is 6.11. The summed E-state index contributed by atoms with van der Waals surface area (Å²) in [6, 6.07) is 10.7. The molecule has 2 amide bonds. The van der Waals surface area contributed by atoms with E-state index in [1.54, 1.807) is 30.5 Å². The number of aryl methyl sites for hydroxylation is 1. The Morgan fingerprint density at radius 2 is 1.79 bits per heavy atom. The van der Waals surface area contributed by atoms with Gasteiger partial charge in [-0.2, -0.15) is 13.2 Å². The highest BCUT2D eigenvalue weighted by Gasteiger charge is 2.37. The van der Waals surface area contributed by atoms with Crippen LogP contribution in [0.5, 0.6) is 0 Å². The number of hydrogen-bond donors (Lipinski definition) is 2. The molecule has 2 aromatic heterocycles. The summed E-state index contributed by atoms with van der Waals surface area (Å²) in [4.78, 5) is 20.3. The van der Waals surface area contributed by atoms with Gasteiger partial charge in [0.05, 0.1) is 29.2 Å². The Morgan fingerprint density at radius 3 is 2.41 bits per heavy atom. The van der Waals surface area contributed by atoms with Gasteiger partial charge in [0.25, 0.3) is 0 Å². The molecule has 3 rings (SSSR count). The van der Waals surface area contributed by atoms with Crippen molar-refractivity contribution < 1.29 is 18.0 Å². The molecule has 29 heavy (non-hydrogen) atoms. The molecule has 0 aliphatic carbocycles. The third-order valence-corrected chi connectivity index (χ3v) is 4.33. The van der Waals surface area contributed by atoms with Crippen LogP contribution in [0.3, 0.4) is 0 Å². The molecule has 2 N–H and O–H groups in total. The van der Waals surface area contributed by atoms with Gasteiger partial charge in [0.15, 0.2) is 0 Å². The van der Waals surface area contributed by atoms with Crippen molar-refractivity contribution in [3.05, 3.63) is 89.5 Å². The Hall–Kier alpha value is -3.42. The first-order valence-corrected chi connectivity index (χ1v) is 8.97. The van der Waals surface area contributed by atoms with E-state index >= 15 is 0 Å². The lowest BCUT2D eigenvalue weighted by Crippen LogP contribution is -2.35. The molecule has 1 aromatic carbocycles. The van der Waals surface area contributed by atoms with Crippen LogP contribution in [0.4, 0.5) is 23.7 Å². The number of carbonyl (C=O) groups excluding carboxylic acids is 1. The van der Waals surface area contributed by atoms with E-state index < -0.39 is 23.8 Å². The number of nitrogens with one attached hydrogen (secondary N) is 2. The fraction of sp³-hybridized carbons (Fsp3) is 0.190. The maximum absolute atomic E-state index is 13.6. The third kappa shape index (κ3) is 5.10. The lowest BCUT2D eigenvalue weighted by Gasteiger charge is -2.22. The van der Waals surface area contributed by atoms with Crippen LogP contribution in [0.2, 0.25) is 0 Å². The molecule has 5 nitrogen and oxygen atoms in total. The van der Waals surface area contributed by atoms with Gasteiger partial charge in [-0.3, -0.25) is 9.97 Å². The molecule has 1 atom stereocenters. The summed E-state index contributed by atoms with van der Waals surface area (Å²) in [6.45, 7) is 1.98. The molecular formula is C21H19F3N4O. The smallest absolute Gasteiger partial charge is 0.325 e. The van der Waals surface area contributed by atoms with E-state index in [1.807, 2.05) is 19.1 Å². The molecule has 0 bridgehead atoms. The van der Waals surface area contributed by atoms with Gasteiger partial charge < -0.3 is 10.6 Å². The van der Waals surface area contributed by atoms with Crippen LogP contribution in [0.1, 0.15) is 35.3 Å². The molecule has 8 heteroatoms. The van der Waals surface area contributed by atoms with Crippen molar-refractivity contribution >= 4 is 11.7 Å². The Balaban J connectivity index is 1.97. The molecule has 3 aromatic rings. The maximum atomic E-state index is 13.6. The molecule has 2 heterocycles. The normalized spacial score (nSPS) is 12.3. The quantitative estimate of drug-likeness (QED) is 0.636. The number of anilines is 1. The number of rotatable bonds is 5. The Bertz CT molecular complexity index is 960. The van der Waals surface area contributed by atoms with E-state index in [-0.39, 0.29) is 5.69 Å². The summed E-state index contributed by atoms with van der Waals surface area (Å²) >= 11 is 0. The van der Waals surface area contributed by atoms with Crippen LogP contribution in [-0.2, 0) is 12.6 Å². The van der Waals surface area contributed by atoms with Crippen molar-refractivity contribution in [2.75, 3.05) is 5.32 Å². The number of nitrogens with zero attached hydrogens (tertiary/aromatic N) is 2. The third-order valence-electron chi connectivity index (χ3n) is 4.33. The molecule has 0 aliphatic heterocycles. The minimum Gasteiger partial charge on any atom is -0.325 e. The van der Waals surface area contributed by atoms with Crippen molar-refractivity contribution in [2.24, 2.45) is 0 Å². The fourth-order valence-electron chi connectivity index (χ4n) is 2.88. The fourth-order valence-corrected chi connectivity index (χ4v) is 2.88. The van der Waals surface area contributed by atoms with Crippen LogP contribution in [0.15, 0.2) is 67.1 Å². The van der Waals surface area contributed by atoms with Gasteiger partial charge in [-0.1, -0.05) is 31.2 Å². The van der Waals surface area contributed by atoms with Crippen LogP contribution < -0.4 is 10.6 Å². The molecule has 1 unspecified atom stereocenters. The number of alkyl halides is 3. The predicted octanol–water partition coefficient (Wildman–Crippen LogP) is 4.97. The molecule has 0 spiro atoms. The van der Waals surface area contributed by atoms with E-state index in [0.29, 0.717) is 11.3 Å². The van der Waals surface area contributed by atoms with Crippen molar-refractivity contribution in [1.82, 2.24) is 15.3 Å². The second kappa shape index (κ2) is 8.72. The molecule has 0 aliphatic rings. The second-order valence-electron chi connectivity index (χ2n) is 6.30. The first-order valence-electron chi connectivity index (χ1n) is 8.97. The molecule has 0 saturated heterocycles. The summed E-state index contributed by atoms with van der Waals surface area (Å²) in [5, 5.41) is 5.18. The van der Waals surface area contributed by atoms with Gasteiger partial charge in [0.2, 0.25) is 0 Å². The maximum Gasteiger partial charge on any atom is 0.418 e. The van der Waals surface area contributed by atoms with Crippen molar-refractivity contribution in [2.45, 2.75) is 25.6 Å². The second-order valence-corrected chi connectivity index (χ2v) is 6.30. The summed E-state index contributed by atoms with van der Waals surface area (Å²) in [6.07, 6.45) is 0.444. The van der Waals surface area contributed by atoms with Crippen LogP contribution >= 0.6 is 0 Å². The zero-order valence-corrected chi connectivity index (χ0v) is 15.6. The van der Waals surface area contributed by atoms with Gasteiger partial charge in [0, 0.05) is 12.4 Å². The monoisotopic (exact) mass is 400 g/mol. The molecular weight excluding hydrogens is 381 g/mol. The number of carbonyl (C=O) groups is 1. The highest BCUT2D eigenvalue weighted by Crippen LogP contribution is 2.35. The predicted molar refractivity (Wildman–Crippen MR) is 103 cm³/mol. The molecule has 150 valence electrons. The first-order chi connectivity index (χ1) is 13.9. The van der Waals surface area contributed by atoms with Crippen molar-refractivity contribution in [1.29, 1.82) is 0 Å². The molecule has 0 saturated carbocycles. The number of benzene rings is 1. The molecule has 0 radical (unpaired) electrons. The van der Waals surface area contributed by atoms with E-state index in [9.17, 15) is 18.0 Å². The number of pyridine rings is 2. The molecule has 0 fully saturated rings. The summed E-state index contributed by atoms with van der Waals surface area (Å²) in [5.74, 6) is 0. The van der Waals surface area contributed by atoms with Gasteiger partial charge >= 0.3 is 12.2 Å². The van der Waals surface area contributed by atoms with Crippen LogP contribution in [0, 0.1) is 0 Å². The number of hydrogen-bond acceptors (Lipinski definition) is 3. The topological polar surface area (TPSA) is 66.9 Å². The number of urea groups is 1. The number of aromatic nitrogens is 2. The average Bonchev–Trinajstić information content (AvgIpc) is 2.72. The van der Waals surface area contributed by atoms with Crippen molar-refractivity contribution in [3.63, 3.8) is 0 Å². The van der Waals surface area contributed by atoms with Crippen LogP contribution in [0.25, 0.3) is 0 Å².